The molecule has 2 fully saturated rings. The van der Waals surface area contributed by atoms with Gasteiger partial charge in [0.25, 0.3) is 0 Å². The van der Waals surface area contributed by atoms with Gasteiger partial charge in [-0.15, -0.1) is 0 Å². The van der Waals surface area contributed by atoms with E-state index in [1.54, 1.807) is 24.3 Å². The SMILES string of the molecule is CCCCCC1CCC(CCCOc2ccc(C(=O)O[C@@H](C(=O)O)[C@@H](OC(=O)c3ccc(OCCCC4CCC(CCCCC)CC4)cc3)C(=O)O)cc2)CC1. The molecule has 0 radical (unpaired) electrons. The van der Waals surface area contributed by atoms with E-state index in [2.05, 4.69) is 13.8 Å². The third-order valence-electron chi connectivity index (χ3n) is 11.8. The number of rotatable bonds is 25. The number of benzene rings is 2. The number of aliphatic carboxylic acids is 2. The first-order chi connectivity index (χ1) is 27.2. The van der Waals surface area contributed by atoms with E-state index in [1.165, 1.54) is 127 Å². The van der Waals surface area contributed by atoms with Crippen LogP contribution in [0.3, 0.4) is 0 Å². The number of carboxylic acids is 2. The molecule has 0 saturated heterocycles. The Morgan fingerprint density at radius 2 is 0.804 bits per heavy atom. The molecular formula is C46H66O10. The van der Waals surface area contributed by atoms with Crippen LogP contribution in [0.1, 0.15) is 163 Å². The lowest BCUT2D eigenvalue weighted by Gasteiger charge is -2.28. The van der Waals surface area contributed by atoms with Crippen LogP contribution in [0.4, 0.5) is 0 Å². The molecule has 4 rings (SSSR count). The van der Waals surface area contributed by atoms with Gasteiger partial charge in [0.2, 0.25) is 12.2 Å². The quantitative estimate of drug-likeness (QED) is 0.0737. The Hall–Kier alpha value is -4.08. The second-order valence-electron chi connectivity index (χ2n) is 16.1. The fourth-order valence-electron chi connectivity index (χ4n) is 8.33. The lowest BCUT2D eigenvalue weighted by atomic mass is 9.78. The zero-order chi connectivity index (χ0) is 40.1. The largest absolute Gasteiger partial charge is 0.494 e. The number of hydrogen-bond donors (Lipinski definition) is 2. The Labute approximate surface area is 334 Å². The zero-order valence-corrected chi connectivity index (χ0v) is 33.8. The van der Waals surface area contributed by atoms with Crippen LogP contribution in [0.15, 0.2) is 48.5 Å². The molecular weight excluding hydrogens is 712 g/mol. The average molecular weight is 779 g/mol. The summed E-state index contributed by atoms with van der Waals surface area (Å²) in [7, 11) is 0. The van der Waals surface area contributed by atoms with Gasteiger partial charge in [-0.2, -0.15) is 0 Å². The van der Waals surface area contributed by atoms with Crippen LogP contribution in [-0.2, 0) is 19.1 Å². The average Bonchev–Trinajstić information content (AvgIpc) is 3.21. The number of carbonyl (C=O) groups is 4. The maximum Gasteiger partial charge on any atom is 0.349 e. The molecule has 0 unspecified atom stereocenters. The minimum absolute atomic E-state index is 0.00413. The zero-order valence-electron chi connectivity index (χ0n) is 33.8. The summed E-state index contributed by atoms with van der Waals surface area (Å²) in [4.78, 5) is 50.0. The molecule has 310 valence electrons. The summed E-state index contributed by atoms with van der Waals surface area (Å²) in [5.41, 5.74) is -0.00827. The highest BCUT2D eigenvalue weighted by molar-refractivity contribution is 5.95. The molecule has 2 atom stereocenters. The van der Waals surface area contributed by atoms with Crippen LogP contribution in [0.2, 0.25) is 0 Å². The van der Waals surface area contributed by atoms with Gasteiger partial charge in [-0.25, -0.2) is 19.2 Å². The molecule has 2 aliphatic rings. The summed E-state index contributed by atoms with van der Waals surface area (Å²) in [6, 6.07) is 12.0. The van der Waals surface area contributed by atoms with E-state index in [9.17, 15) is 29.4 Å². The van der Waals surface area contributed by atoms with Gasteiger partial charge in [0, 0.05) is 0 Å². The molecule has 10 heteroatoms. The minimum atomic E-state index is -2.29. The van der Waals surface area contributed by atoms with E-state index < -0.39 is 36.1 Å². The summed E-state index contributed by atoms with van der Waals surface area (Å²) in [6.07, 6.45) is 20.6. The number of esters is 2. The van der Waals surface area contributed by atoms with Crippen LogP contribution < -0.4 is 9.47 Å². The number of unbranched alkanes of at least 4 members (excludes halogenated alkanes) is 4. The van der Waals surface area contributed by atoms with Crippen molar-refractivity contribution in [1.29, 1.82) is 0 Å². The summed E-state index contributed by atoms with van der Waals surface area (Å²) < 4.78 is 21.9. The predicted molar refractivity (Wildman–Crippen MR) is 215 cm³/mol. The Kier molecular flexibility index (Phi) is 19.6. The van der Waals surface area contributed by atoms with Crippen molar-refractivity contribution < 1.29 is 48.3 Å². The van der Waals surface area contributed by atoms with Crippen LogP contribution >= 0.6 is 0 Å². The van der Waals surface area contributed by atoms with Crippen molar-refractivity contribution in [3.05, 3.63) is 59.7 Å². The van der Waals surface area contributed by atoms with E-state index in [0.717, 1.165) is 49.4 Å². The van der Waals surface area contributed by atoms with Crippen LogP contribution in [-0.4, -0.2) is 59.5 Å². The molecule has 2 aromatic rings. The highest BCUT2D eigenvalue weighted by Crippen LogP contribution is 2.35. The Bertz CT molecular complexity index is 1340. The van der Waals surface area contributed by atoms with Crippen molar-refractivity contribution in [3.8, 4) is 11.5 Å². The van der Waals surface area contributed by atoms with Gasteiger partial charge in [-0.05, 0) is 97.9 Å². The van der Waals surface area contributed by atoms with Crippen LogP contribution in [0.25, 0.3) is 0 Å². The standard InChI is InChI=1S/C46H66O10/c1-3-5-7-11-33-15-19-35(20-16-33)13-9-31-53-39-27-23-37(24-28-39)45(51)55-41(43(47)48)42(44(49)50)56-46(52)38-25-29-40(30-26-38)54-32-10-14-36-21-17-34(18-22-36)12-8-6-4-2/h23-30,33-36,41-42H,3-22,31-32H2,1-2H3,(H,47,48)(H,49,50)/t33?,34?,35?,36?,41-,42-/m1/s1. The maximum absolute atomic E-state index is 12.9. The first-order valence-electron chi connectivity index (χ1n) is 21.5. The van der Waals surface area contributed by atoms with E-state index in [-0.39, 0.29) is 11.1 Å². The van der Waals surface area contributed by atoms with Gasteiger partial charge in [0.15, 0.2) is 0 Å². The Balaban J connectivity index is 1.17. The summed E-state index contributed by atoms with van der Waals surface area (Å²) in [6.45, 7) is 5.58. The highest BCUT2D eigenvalue weighted by atomic mass is 16.6. The molecule has 0 spiro atoms. The number of carbonyl (C=O) groups excluding carboxylic acids is 2. The third kappa shape index (κ3) is 15.5. The van der Waals surface area contributed by atoms with Crippen molar-refractivity contribution in [2.45, 2.75) is 154 Å². The molecule has 0 aliphatic heterocycles. The second-order valence-corrected chi connectivity index (χ2v) is 16.1. The van der Waals surface area contributed by atoms with Gasteiger partial charge in [0.1, 0.15) is 11.5 Å². The van der Waals surface area contributed by atoms with E-state index >= 15 is 0 Å². The van der Waals surface area contributed by atoms with Gasteiger partial charge in [-0.1, -0.05) is 117 Å². The number of ether oxygens (including phenoxy) is 4. The lowest BCUT2D eigenvalue weighted by molar-refractivity contribution is -0.166. The molecule has 10 nitrogen and oxygen atoms in total. The number of carboxylic acid groups (broad SMARTS) is 2. The molecule has 56 heavy (non-hydrogen) atoms. The predicted octanol–water partition coefficient (Wildman–Crippen LogP) is 10.7. The van der Waals surface area contributed by atoms with E-state index in [0.29, 0.717) is 24.7 Å². The van der Waals surface area contributed by atoms with Gasteiger partial charge >= 0.3 is 23.9 Å². The first-order valence-corrected chi connectivity index (χ1v) is 21.5. The first kappa shape index (κ1) is 44.6. The Morgan fingerprint density at radius 1 is 0.500 bits per heavy atom. The van der Waals surface area contributed by atoms with Gasteiger partial charge in [-0.3, -0.25) is 0 Å². The molecule has 0 amide bonds. The van der Waals surface area contributed by atoms with Crippen molar-refractivity contribution in [2.24, 2.45) is 23.7 Å². The van der Waals surface area contributed by atoms with E-state index in [1.807, 2.05) is 0 Å². The lowest BCUT2D eigenvalue weighted by Crippen LogP contribution is -2.45. The molecule has 0 heterocycles. The van der Waals surface area contributed by atoms with Crippen molar-refractivity contribution in [2.75, 3.05) is 13.2 Å². The summed E-state index contributed by atoms with van der Waals surface area (Å²) in [5, 5.41) is 19.6. The topological polar surface area (TPSA) is 146 Å². The molecule has 0 aromatic heterocycles. The van der Waals surface area contributed by atoms with E-state index in [4.69, 9.17) is 18.9 Å². The summed E-state index contributed by atoms with van der Waals surface area (Å²) >= 11 is 0. The molecule has 2 saturated carbocycles. The summed E-state index contributed by atoms with van der Waals surface area (Å²) in [5.74, 6) is -1.33. The maximum atomic E-state index is 12.9. The van der Waals surface area contributed by atoms with Gasteiger partial charge < -0.3 is 29.2 Å². The normalized spacial score (nSPS) is 20.7. The smallest absolute Gasteiger partial charge is 0.349 e. The fraction of sp³-hybridized carbons (Fsp3) is 0.652. The number of hydrogen-bond acceptors (Lipinski definition) is 8. The van der Waals surface area contributed by atoms with Gasteiger partial charge in [0.05, 0.1) is 24.3 Å². The minimum Gasteiger partial charge on any atom is -0.494 e. The fourth-order valence-corrected chi connectivity index (χ4v) is 8.33. The van der Waals surface area contributed by atoms with Crippen LogP contribution in [0.5, 0.6) is 11.5 Å². The third-order valence-corrected chi connectivity index (χ3v) is 11.8. The van der Waals surface area contributed by atoms with Crippen molar-refractivity contribution in [3.63, 3.8) is 0 Å². The molecule has 2 N–H and O–H groups in total. The molecule has 2 aliphatic carbocycles. The molecule has 2 aromatic carbocycles. The second kappa shape index (κ2) is 24.5. The van der Waals surface area contributed by atoms with Crippen molar-refractivity contribution in [1.82, 2.24) is 0 Å². The monoisotopic (exact) mass is 778 g/mol. The van der Waals surface area contributed by atoms with Crippen LogP contribution in [0, 0.1) is 23.7 Å². The Morgan fingerprint density at radius 3 is 1.09 bits per heavy atom. The van der Waals surface area contributed by atoms with Crippen molar-refractivity contribution >= 4 is 23.9 Å². The molecule has 0 bridgehead atoms. The highest BCUT2D eigenvalue weighted by Gasteiger charge is 2.41.